The summed E-state index contributed by atoms with van der Waals surface area (Å²) in [5.74, 6) is -0.892. The molecule has 0 aliphatic heterocycles. The second-order valence-corrected chi connectivity index (χ2v) is 6.63. The number of hydrogen-bond acceptors (Lipinski definition) is 6. The van der Waals surface area contributed by atoms with Crippen molar-refractivity contribution in [3.63, 3.8) is 0 Å². The maximum atomic E-state index is 12.5. The molecule has 0 unspecified atom stereocenters. The van der Waals surface area contributed by atoms with Gasteiger partial charge in [-0.1, -0.05) is 58.7 Å². The number of pyridine rings is 1. The van der Waals surface area contributed by atoms with E-state index in [4.69, 9.17) is 32.5 Å². The fraction of sp³-hybridized carbons (Fsp3) is 0.158. The zero-order valence-electron chi connectivity index (χ0n) is 15.0. The van der Waals surface area contributed by atoms with Gasteiger partial charge in [-0.2, -0.15) is 0 Å². The molecule has 0 atom stereocenters. The van der Waals surface area contributed by atoms with Crippen LogP contribution in [0.3, 0.4) is 0 Å². The molecule has 28 heavy (non-hydrogen) atoms. The number of amides is 1. The second-order valence-electron chi connectivity index (χ2n) is 5.85. The first-order valence-electron chi connectivity index (χ1n) is 8.17. The number of benzene rings is 1. The summed E-state index contributed by atoms with van der Waals surface area (Å²) in [6, 6.07) is 9.05. The lowest BCUT2D eigenvalue weighted by atomic mass is 10.1. The number of aromatic nitrogens is 2. The third-order valence-electron chi connectivity index (χ3n) is 3.91. The van der Waals surface area contributed by atoms with Crippen LogP contribution in [-0.4, -0.2) is 28.6 Å². The highest BCUT2D eigenvalue weighted by atomic mass is 35.5. The van der Waals surface area contributed by atoms with E-state index < -0.39 is 18.5 Å². The first-order valence-corrected chi connectivity index (χ1v) is 8.93. The minimum Gasteiger partial charge on any atom is -0.452 e. The summed E-state index contributed by atoms with van der Waals surface area (Å²) in [4.78, 5) is 28.6. The van der Waals surface area contributed by atoms with Gasteiger partial charge < -0.3 is 14.6 Å². The van der Waals surface area contributed by atoms with Crippen LogP contribution < -0.4 is 5.32 Å². The van der Waals surface area contributed by atoms with E-state index in [9.17, 15) is 9.59 Å². The number of hydrogen-bond donors (Lipinski definition) is 1. The van der Waals surface area contributed by atoms with E-state index in [1.807, 2.05) is 18.2 Å². The molecule has 3 aromatic rings. The van der Waals surface area contributed by atoms with Crippen molar-refractivity contribution in [2.75, 3.05) is 11.9 Å². The normalized spacial score (nSPS) is 10.6. The Hall–Kier alpha value is -2.90. The molecular weight excluding hydrogens is 405 g/mol. The van der Waals surface area contributed by atoms with E-state index >= 15 is 0 Å². The molecule has 0 spiro atoms. The van der Waals surface area contributed by atoms with Crippen molar-refractivity contribution in [2.45, 2.75) is 13.8 Å². The Kier molecular flexibility index (Phi) is 5.96. The lowest BCUT2D eigenvalue weighted by Crippen LogP contribution is -2.22. The lowest BCUT2D eigenvalue weighted by Gasteiger charge is -2.09. The highest BCUT2D eigenvalue weighted by Crippen LogP contribution is 2.29. The number of carbonyl (C=O) groups excluding carboxylic acids is 2. The van der Waals surface area contributed by atoms with E-state index in [-0.39, 0.29) is 16.4 Å². The van der Waals surface area contributed by atoms with Crippen LogP contribution in [-0.2, 0) is 9.53 Å². The van der Waals surface area contributed by atoms with E-state index in [0.29, 0.717) is 27.6 Å². The van der Waals surface area contributed by atoms with Gasteiger partial charge in [0.15, 0.2) is 12.4 Å². The van der Waals surface area contributed by atoms with Gasteiger partial charge in [0.25, 0.3) is 5.91 Å². The molecule has 0 radical (unpaired) electrons. The molecule has 1 aromatic carbocycles. The third-order valence-corrected chi connectivity index (χ3v) is 4.75. The summed E-state index contributed by atoms with van der Waals surface area (Å²) in [5, 5.41) is 6.99. The average molecular weight is 420 g/mol. The quantitative estimate of drug-likeness (QED) is 0.613. The molecule has 0 fully saturated rings. The summed E-state index contributed by atoms with van der Waals surface area (Å²) in [5.41, 5.74) is 1.79. The Balaban J connectivity index is 1.69. The van der Waals surface area contributed by atoms with Crippen LogP contribution in [0.1, 0.15) is 21.7 Å². The lowest BCUT2D eigenvalue weighted by molar-refractivity contribution is -0.119. The Morgan fingerprint density at radius 2 is 1.89 bits per heavy atom. The van der Waals surface area contributed by atoms with Gasteiger partial charge in [-0.15, -0.1) is 0 Å². The highest BCUT2D eigenvalue weighted by molar-refractivity contribution is 6.37. The first kappa shape index (κ1) is 19.9. The van der Waals surface area contributed by atoms with Crippen LogP contribution in [0.2, 0.25) is 10.0 Å². The van der Waals surface area contributed by atoms with Gasteiger partial charge in [0, 0.05) is 11.8 Å². The maximum absolute atomic E-state index is 12.5. The van der Waals surface area contributed by atoms with Crippen molar-refractivity contribution in [2.24, 2.45) is 0 Å². The fourth-order valence-corrected chi connectivity index (χ4v) is 2.81. The number of halogens is 2. The van der Waals surface area contributed by atoms with Gasteiger partial charge in [-0.25, -0.2) is 9.78 Å². The van der Waals surface area contributed by atoms with Crippen LogP contribution >= 0.6 is 23.2 Å². The summed E-state index contributed by atoms with van der Waals surface area (Å²) >= 11 is 12.0. The van der Waals surface area contributed by atoms with Gasteiger partial charge in [0.2, 0.25) is 0 Å². The van der Waals surface area contributed by atoms with Crippen molar-refractivity contribution in [3.05, 3.63) is 63.5 Å². The number of aryl methyl sites for hydroxylation is 1. The summed E-state index contributed by atoms with van der Waals surface area (Å²) < 4.78 is 10.2. The van der Waals surface area contributed by atoms with E-state index in [1.165, 1.54) is 6.20 Å². The number of anilines is 1. The van der Waals surface area contributed by atoms with E-state index in [1.54, 1.807) is 26.0 Å². The minimum absolute atomic E-state index is 0.135. The molecule has 7 nitrogen and oxygen atoms in total. The SMILES string of the molecule is Cc1onc(-c2ccccc2)c1C(=O)OCC(=O)Nc1ncc(Cl)c(C)c1Cl. The molecule has 1 N–H and O–H groups in total. The third kappa shape index (κ3) is 4.16. The average Bonchev–Trinajstić information content (AvgIpc) is 3.09. The fourth-order valence-electron chi connectivity index (χ4n) is 2.42. The Bertz CT molecular complexity index is 1040. The van der Waals surface area contributed by atoms with Gasteiger partial charge >= 0.3 is 5.97 Å². The number of nitrogens with one attached hydrogen (secondary N) is 1. The van der Waals surface area contributed by atoms with Gasteiger partial charge in [0.1, 0.15) is 17.0 Å². The molecule has 1 amide bonds. The molecule has 0 aliphatic carbocycles. The molecule has 2 aromatic heterocycles. The van der Waals surface area contributed by atoms with Gasteiger partial charge in [-0.3, -0.25) is 4.79 Å². The first-order chi connectivity index (χ1) is 13.4. The van der Waals surface area contributed by atoms with Crippen LogP contribution in [0.5, 0.6) is 0 Å². The van der Waals surface area contributed by atoms with E-state index in [2.05, 4.69) is 15.5 Å². The van der Waals surface area contributed by atoms with E-state index in [0.717, 1.165) is 0 Å². The molecule has 0 bridgehead atoms. The Morgan fingerprint density at radius 1 is 1.18 bits per heavy atom. The monoisotopic (exact) mass is 419 g/mol. The van der Waals surface area contributed by atoms with Crippen molar-refractivity contribution in [3.8, 4) is 11.3 Å². The molecule has 0 saturated carbocycles. The number of rotatable bonds is 5. The zero-order valence-corrected chi connectivity index (χ0v) is 16.5. The number of carbonyl (C=O) groups is 2. The van der Waals surface area contributed by atoms with Gasteiger partial charge in [0.05, 0.1) is 10.0 Å². The largest absolute Gasteiger partial charge is 0.452 e. The van der Waals surface area contributed by atoms with Crippen LogP contribution in [0.25, 0.3) is 11.3 Å². The summed E-state index contributed by atoms with van der Waals surface area (Å²) in [7, 11) is 0. The number of esters is 1. The standard InChI is InChI=1S/C19H15Cl2N3O4/c1-10-13(20)8-22-18(16(10)21)23-14(25)9-27-19(26)15-11(2)28-24-17(15)12-6-4-3-5-7-12/h3-8H,9H2,1-2H3,(H,22,23,25). The van der Waals surface area contributed by atoms with Crippen molar-refractivity contribution >= 4 is 40.9 Å². The topological polar surface area (TPSA) is 94.3 Å². The second kappa shape index (κ2) is 8.41. The molecule has 9 heteroatoms. The van der Waals surface area contributed by atoms with Gasteiger partial charge in [-0.05, 0) is 19.4 Å². The summed E-state index contributed by atoms with van der Waals surface area (Å²) in [6.45, 7) is 2.76. The molecule has 0 saturated heterocycles. The molecule has 144 valence electrons. The predicted octanol–water partition coefficient (Wildman–Crippen LogP) is 4.46. The molecule has 0 aliphatic rings. The van der Waals surface area contributed by atoms with Crippen LogP contribution in [0, 0.1) is 13.8 Å². The molecule has 3 rings (SSSR count). The van der Waals surface area contributed by atoms with Crippen molar-refractivity contribution in [1.82, 2.24) is 10.1 Å². The highest BCUT2D eigenvalue weighted by Gasteiger charge is 2.24. The molecule has 2 heterocycles. The smallest absolute Gasteiger partial charge is 0.344 e. The maximum Gasteiger partial charge on any atom is 0.344 e. The predicted molar refractivity (Wildman–Crippen MR) is 105 cm³/mol. The molecular formula is C19H15Cl2N3O4. The van der Waals surface area contributed by atoms with Crippen molar-refractivity contribution < 1.29 is 18.8 Å². The Morgan fingerprint density at radius 3 is 2.61 bits per heavy atom. The van der Waals surface area contributed by atoms with Crippen LogP contribution in [0.15, 0.2) is 41.1 Å². The Labute approximate surface area is 170 Å². The van der Waals surface area contributed by atoms with Crippen molar-refractivity contribution in [1.29, 1.82) is 0 Å². The number of ether oxygens (including phenoxy) is 1. The minimum atomic E-state index is -0.723. The zero-order chi connectivity index (χ0) is 20.3. The number of nitrogens with zero attached hydrogens (tertiary/aromatic N) is 2. The summed E-state index contributed by atoms with van der Waals surface area (Å²) in [6.07, 6.45) is 1.37. The van der Waals surface area contributed by atoms with Crippen LogP contribution in [0.4, 0.5) is 5.82 Å².